The first-order chi connectivity index (χ1) is 9.13. The maximum Gasteiger partial charge on any atom is 0.131 e. The summed E-state index contributed by atoms with van der Waals surface area (Å²) in [5.74, 6) is -0.159. The third-order valence-corrected chi connectivity index (χ3v) is 3.36. The summed E-state index contributed by atoms with van der Waals surface area (Å²) in [6, 6.07) is 12.8. The van der Waals surface area contributed by atoms with Crippen molar-refractivity contribution < 1.29 is 4.39 Å². The molecular formula is C16H17ClFN. The standard InChI is InChI=1S/C16H17ClFN/c1-3-19-16(12-7-5-8-13(17)10-12)14-9-4-6-11(2)15(14)18/h4-10,16,19H,3H2,1-2H3. The molecule has 0 aromatic heterocycles. The molecule has 1 atom stereocenters. The molecule has 0 bridgehead atoms. The van der Waals surface area contributed by atoms with Crippen molar-refractivity contribution in [3.63, 3.8) is 0 Å². The first-order valence-electron chi connectivity index (χ1n) is 6.37. The van der Waals surface area contributed by atoms with Crippen molar-refractivity contribution in [2.45, 2.75) is 19.9 Å². The zero-order valence-corrected chi connectivity index (χ0v) is 11.8. The van der Waals surface area contributed by atoms with Gasteiger partial charge in [0.2, 0.25) is 0 Å². The Labute approximate surface area is 118 Å². The van der Waals surface area contributed by atoms with E-state index in [0.717, 1.165) is 12.1 Å². The molecule has 0 aliphatic rings. The molecule has 0 spiro atoms. The van der Waals surface area contributed by atoms with Crippen LogP contribution >= 0.6 is 11.6 Å². The number of aryl methyl sites for hydroxylation is 1. The molecule has 3 heteroatoms. The third kappa shape index (κ3) is 3.14. The number of hydrogen-bond donors (Lipinski definition) is 1. The highest BCUT2D eigenvalue weighted by molar-refractivity contribution is 6.30. The molecule has 1 unspecified atom stereocenters. The van der Waals surface area contributed by atoms with Crippen molar-refractivity contribution >= 4 is 11.6 Å². The van der Waals surface area contributed by atoms with Crippen molar-refractivity contribution in [1.82, 2.24) is 5.32 Å². The van der Waals surface area contributed by atoms with Crippen LogP contribution in [0.3, 0.4) is 0 Å². The molecule has 0 aliphatic carbocycles. The van der Waals surface area contributed by atoms with Crippen LogP contribution in [0, 0.1) is 12.7 Å². The number of hydrogen-bond acceptors (Lipinski definition) is 1. The Bertz CT molecular complexity index is 568. The van der Waals surface area contributed by atoms with E-state index in [-0.39, 0.29) is 11.9 Å². The van der Waals surface area contributed by atoms with E-state index in [9.17, 15) is 4.39 Å². The second kappa shape index (κ2) is 6.18. The first-order valence-corrected chi connectivity index (χ1v) is 6.75. The largest absolute Gasteiger partial charge is 0.306 e. The summed E-state index contributed by atoms with van der Waals surface area (Å²) in [5, 5.41) is 3.97. The zero-order chi connectivity index (χ0) is 13.8. The monoisotopic (exact) mass is 277 g/mol. The minimum Gasteiger partial charge on any atom is -0.306 e. The molecule has 0 amide bonds. The normalized spacial score (nSPS) is 12.4. The molecule has 2 aromatic rings. The second-order valence-electron chi connectivity index (χ2n) is 4.52. The summed E-state index contributed by atoms with van der Waals surface area (Å²) in [4.78, 5) is 0. The molecule has 0 aliphatic heterocycles. The van der Waals surface area contributed by atoms with Crippen LogP contribution in [-0.2, 0) is 0 Å². The van der Waals surface area contributed by atoms with Crippen molar-refractivity contribution in [2.75, 3.05) is 6.54 Å². The molecule has 19 heavy (non-hydrogen) atoms. The summed E-state index contributed by atoms with van der Waals surface area (Å²) < 4.78 is 14.3. The lowest BCUT2D eigenvalue weighted by atomic mass is 9.96. The Morgan fingerprint density at radius 1 is 1.21 bits per heavy atom. The third-order valence-electron chi connectivity index (χ3n) is 3.12. The molecule has 0 saturated heterocycles. The fourth-order valence-electron chi connectivity index (χ4n) is 2.19. The molecule has 100 valence electrons. The lowest BCUT2D eigenvalue weighted by Crippen LogP contribution is -2.23. The Morgan fingerprint density at radius 3 is 2.63 bits per heavy atom. The summed E-state index contributed by atoms with van der Waals surface area (Å²) in [6.07, 6.45) is 0. The maximum absolute atomic E-state index is 14.3. The van der Waals surface area contributed by atoms with Gasteiger partial charge in [0.25, 0.3) is 0 Å². The van der Waals surface area contributed by atoms with Gasteiger partial charge in [-0.2, -0.15) is 0 Å². The molecule has 2 aromatic carbocycles. The Balaban J connectivity index is 2.48. The van der Waals surface area contributed by atoms with Gasteiger partial charge in [0.1, 0.15) is 5.82 Å². The van der Waals surface area contributed by atoms with Crippen LogP contribution in [0.1, 0.15) is 29.7 Å². The van der Waals surface area contributed by atoms with Gasteiger partial charge < -0.3 is 5.32 Å². The van der Waals surface area contributed by atoms with Crippen LogP contribution < -0.4 is 5.32 Å². The average Bonchev–Trinajstić information content (AvgIpc) is 2.40. The summed E-state index contributed by atoms with van der Waals surface area (Å²) in [6.45, 7) is 4.54. The van der Waals surface area contributed by atoms with Gasteiger partial charge >= 0.3 is 0 Å². The Hall–Kier alpha value is -1.38. The van der Waals surface area contributed by atoms with Gasteiger partial charge in [-0.15, -0.1) is 0 Å². The van der Waals surface area contributed by atoms with Crippen LogP contribution in [0.2, 0.25) is 5.02 Å². The quantitative estimate of drug-likeness (QED) is 0.868. The molecule has 0 saturated carbocycles. The fourth-order valence-corrected chi connectivity index (χ4v) is 2.39. The highest BCUT2D eigenvalue weighted by Crippen LogP contribution is 2.27. The molecule has 1 nitrogen and oxygen atoms in total. The molecule has 1 N–H and O–H groups in total. The van der Waals surface area contributed by atoms with Gasteiger partial charge in [0.15, 0.2) is 0 Å². The van der Waals surface area contributed by atoms with Crippen molar-refractivity contribution in [2.24, 2.45) is 0 Å². The smallest absolute Gasteiger partial charge is 0.131 e. The fraction of sp³-hybridized carbons (Fsp3) is 0.250. The Kier molecular flexibility index (Phi) is 4.56. The minimum absolute atomic E-state index is 0.159. The lowest BCUT2D eigenvalue weighted by molar-refractivity contribution is 0.553. The second-order valence-corrected chi connectivity index (χ2v) is 4.96. The van der Waals surface area contributed by atoms with E-state index in [2.05, 4.69) is 5.32 Å². The Morgan fingerprint density at radius 2 is 1.95 bits per heavy atom. The zero-order valence-electron chi connectivity index (χ0n) is 11.1. The van der Waals surface area contributed by atoms with Crippen LogP contribution in [0.4, 0.5) is 4.39 Å². The summed E-state index contributed by atoms with van der Waals surface area (Å²) in [5.41, 5.74) is 2.28. The topological polar surface area (TPSA) is 12.0 Å². The predicted octanol–water partition coefficient (Wildman–Crippen LogP) is 4.49. The summed E-state index contributed by atoms with van der Waals surface area (Å²) >= 11 is 6.03. The lowest BCUT2D eigenvalue weighted by Gasteiger charge is -2.20. The van der Waals surface area contributed by atoms with E-state index >= 15 is 0 Å². The molecule has 0 heterocycles. The van der Waals surface area contributed by atoms with Crippen molar-refractivity contribution in [3.8, 4) is 0 Å². The van der Waals surface area contributed by atoms with Gasteiger partial charge in [-0.3, -0.25) is 0 Å². The number of halogens is 2. The number of benzene rings is 2. The highest BCUT2D eigenvalue weighted by atomic mass is 35.5. The number of nitrogens with one attached hydrogen (secondary N) is 1. The van der Waals surface area contributed by atoms with Crippen molar-refractivity contribution in [1.29, 1.82) is 0 Å². The molecule has 0 fully saturated rings. The van der Waals surface area contributed by atoms with E-state index in [1.807, 2.05) is 43.3 Å². The molecule has 0 radical (unpaired) electrons. The van der Waals surface area contributed by atoms with Gasteiger partial charge in [-0.25, -0.2) is 4.39 Å². The van der Waals surface area contributed by atoms with Crippen LogP contribution in [-0.4, -0.2) is 6.54 Å². The van der Waals surface area contributed by atoms with Gasteiger partial charge in [-0.1, -0.05) is 48.9 Å². The van der Waals surface area contributed by atoms with Gasteiger partial charge in [0, 0.05) is 10.6 Å². The first kappa shape index (κ1) is 14.0. The maximum atomic E-state index is 14.3. The van der Waals surface area contributed by atoms with Crippen LogP contribution in [0.5, 0.6) is 0 Å². The van der Waals surface area contributed by atoms with E-state index in [1.165, 1.54) is 0 Å². The van der Waals surface area contributed by atoms with E-state index in [0.29, 0.717) is 16.1 Å². The van der Waals surface area contributed by atoms with Gasteiger partial charge in [0.05, 0.1) is 6.04 Å². The van der Waals surface area contributed by atoms with E-state index < -0.39 is 0 Å². The molecule has 2 rings (SSSR count). The van der Waals surface area contributed by atoms with E-state index in [1.54, 1.807) is 13.0 Å². The summed E-state index contributed by atoms with van der Waals surface area (Å²) in [7, 11) is 0. The van der Waals surface area contributed by atoms with Gasteiger partial charge in [-0.05, 0) is 36.7 Å². The highest BCUT2D eigenvalue weighted by Gasteiger charge is 2.18. The minimum atomic E-state index is -0.177. The SMILES string of the molecule is CCNC(c1cccc(Cl)c1)c1cccc(C)c1F. The van der Waals surface area contributed by atoms with Crippen molar-refractivity contribution in [3.05, 3.63) is 70.0 Å². The van der Waals surface area contributed by atoms with Crippen LogP contribution in [0.15, 0.2) is 42.5 Å². The van der Waals surface area contributed by atoms with Crippen LogP contribution in [0.25, 0.3) is 0 Å². The average molecular weight is 278 g/mol. The predicted molar refractivity (Wildman–Crippen MR) is 78.1 cm³/mol. The number of rotatable bonds is 4. The molecular weight excluding hydrogens is 261 g/mol. The van der Waals surface area contributed by atoms with E-state index in [4.69, 9.17) is 11.6 Å².